The molecule has 2 amide bonds. The smallest absolute Gasteiger partial charge is 0.242 e. The van der Waals surface area contributed by atoms with Crippen LogP contribution in [0.3, 0.4) is 0 Å². The third-order valence-corrected chi connectivity index (χ3v) is 2.44. The number of hydrogen-bond donors (Lipinski definition) is 2. The van der Waals surface area contributed by atoms with Crippen LogP contribution in [0.15, 0.2) is 24.5 Å². The molecule has 1 aromatic heterocycles. The van der Waals surface area contributed by atoms with Gasteiger partial charge in [-0.15, -0.1) is 0 Å². The van der Waals surface area contributed by atoms with Gasteiger partial charge in [0, 0.05) is 25.4 Å². The predicted molar refractivity (Wildman–Crippen MR) is 68.6 cm³/mol. The van der Waals surface area contributed by atoms with Crippen LogP contribution < -0.4 is 10.6 Å². The quantitative estimate of drug-likeness (QED) is 0.790. The first-order valence-electron chi connectivity index (χ1n) is 6.09. The monoisotopic (exact) mass is 249 g/mol. The maximum atomic E-state index is 11.7. The zero-order chi connectivity index (χ0) is 13.4. The lowest BCUT2D eigenvalue weighted by molar-refractivity contribution is -0.128. The van der Waals surface area contributed by atoms with Crippen molar-refractivity contribution in [2.24, 2.45) is 0 Å². The number of amides is 2. The summed E-state index contributed by atoms with van der Waals surface area (Å²) in [6.45, 7) is 4.01. The van der Waals surface area contributed by atoms with E-state index in [2.05, 4.69) is 15.6 Å². The fourth-order valence-corrected chi connectivity index (χ4v) is 1.45. The summed E-state index contributed by atoms with van der Waals surface area (Å²) < 4.78 is 0. The van der Waals surface area contributed by atoms with Gasteiger partial charge >= 0.3 is 0 Å². The van der Waals surface area contributed by atoms with E-state index in [1.54, 1.807) is 19.3 Å². The minimum absolute atomic E-state index is 0.0958. The number of aromatic nitrogens is 1. The van der Waals surface area contributed by atoms with Crippen molar-refractivity contribution in [3.05, 3.63) is 30.1 Å². The Bertz CT molecular complexity index is 392. The number of nitrogens with zero attached hydrogens (tertiary/aromatic N) is 1. The molecule has 0 unspecified atom stereocenters. The van der Waals surface area contributed by atoms with E-state index in [-0.39, 0.29) is 11.8 Å². The molecule has 1 rings (SSSR count). The van der Waals surface area contributed by atoms with E-state index in [1.807, 2.05) is 19.1 Å². The van der Waals surface area contributed by atoms with E-state index in [0.717, 1.165) is 12.0 Å². The molecule has 0 aliphatic rings. The Morgan fingerprint density at radius 2 is 2.22 bits per heavy atom. The van der Waals surface area contributed by atoms with E-state index < -0.39 is 6.04 Å². The van der Waals surface area contributed by atoms with Gasteiger partial charge in [0.25, 0.3) is 0 Å². The van der Waals surface area contributed by atoms with Gasteiger partial charge in [0.05, 0.1) is 0 Å². The lowest BCUT2D eigenvalue weighted by Gasteiger charge is -2.13. The number of carbonyl (C=O) groups is 2. The van der Waals surface area contributed by atoms with Crippen molar-refractivity contribution in [1.82, 2.24) is 15.6 Å². The van der Waals surface area contributed by atoms with Gasteiger partial charge in [-0.1, -0.05) is 13.0 Å². The number of carbonyl (C=O) groups excluding carboxylic acids is 2. The van der Waals surface area contributed by atoms with Crippen LogP contribution >= 0.6 is 0 Å². The van der Waals surface area contributed by atoms with Gasteiger partial charge in [-0.3, -0.25) is 14.6 Å². The van der Waals surface area contributed by atoms with Crippen molar-refractivity contribution in [2.75, 3.05) is 0 Å². The van der Waals surface area contributed by atoms with Crippen molar-refractivity contribution in [1.29, 1.82) is 0 Å². The highest BCUT2D eigenvalue weighted by molar-refractivity contribution is 5.87. The first-order valence-corrected chi connectivity index (χ1v) is 6.09. The molecule has 1 aromatic rings. The van der Waals surface area contributed by atoms with E-state index in [4.69, 9.17) is 0 Å². The summed E-state index contributed by atoms with van der Waals surface area (Å²) in [7, 11) is 0. The Morgan fingerprint density at radius 1 is 1.44 bits per heavy atom. The van der Waals surface area contributed by atoms with Gasteiger partial charge in [-0.25, -0.2) is 0 Å². The summed E-state index contributed by atoms with van der Waals surface area (Å²) >= 11 is 0. The highest BCUT2D eigenvalue weighted by Gasteiger charge is 2.14. The molecule has 1 atom stereocenters. The third kappa shape index (κ3) is 4.95. The van der Waals surface area contributed by atoms with Crippen LogP contribution in [0.5, 0.6) is 0 Å². The van der Waals surface area contributed by atoms with Crippen LogP contribution in [0, 0.1) is 0 Å². The Kier molecular flexibility index (Phi) is 5.84. The van der Waals surface area contributed by atoms with Gasteiger partial charge in [-0.2, -0.15) is 0 Å². The molecule has 1 heterocycles. The van der Waals surface area contributed by atoms with Crippen LogP contribution in [0.4, 0.5) is 0 Å². The molecule has 0 radical (unpaired) electrons. The Hall–Kier alpha value is -1.91. The topological polar surface area (TPSA) is 71.1 Å². The molecule has 18 heavy (non-hydrogen) atoms. The second-order valence-electron chi connectivity index (χ2n) is 4.12. The summed E-state index contributed by atoms with van der Waals surface area (Å²) in [5, 5.41) is 5.40. The molecule has 0 bridgehead atoms. The van der Waals surface area contributed by atoms with E-state index in [0.29, 0.717) is 13.0 Å². The Morgan fingerprint density at radius 3 is 2.83 bits per heavy atom. The van der Waals surface area contributed by atoms with Crippen molar-refractivity contribution < 1.29 is 9.59 Å². The van der Waals surface area contributed by atoms with Gasteiger partial charge in [0.15, 0.2) is 0 Å². The van der Waals surface area contributed by atoms with Crippen molar-refractivity contribution in [3.63, 3.8) is 0 Å². The fourth-order valence-electron chi connectivity index (χ4n) is 1.45. The Labute approximate surface area is 107 Å². The van der Waals surface area contributed by atoms with Crippen molar-refractivity contribution in [3.8, 4) is 0 Å². The average molecular weight is 249 g/mol. The van der Waals surface area contributed by atoms with E-state index in [1.165, 1.54) is 0 Å². The highest BCUT2D eigenvalue weighted by atomic mass is 16.2. The number of hydrogen-bond acceptors (Lipinski definition) is 3. The van der Waals surface area contributed by atoms with Gasteiger partial charge in [-0.05, 0) is 25.0 Å². The zero-order valence-corrected chi connectivity index (χ0v) is 10.8. The van der Waals surface area contributed by atoms with Crippen LogP contribution in [0.1, 0.15) is 32.3 Å². The lowest BCUT2D eigenvalue weighted by atomic mass is 10.2. The second kappa shape index (κ2) is 7.42. The molecule has 0 fully saturated rings. The summed E-state index contributed by atoms with van der Waals surface area (Å²) in [5.74, 6) is -0.287. The third-order valence-electron chi connectivity index (χ3n) is 2.44. The number of rotatable bonds is 6. The molecule has 5 heteroatoms. The van der Waals surface area contributed by atoms with Crippen molar-refractivity contribution in [2.45, 2.75) is 39.3 Å². The minimum Gasteiger partial charge on any atom is -0.350 e. The molecular formula is C13H19N3O2. The van der Waals surface area contributed by atoms with E-state index in [9.17, 15) is 9.59 Å². The summed E-state index contributed by atoms with van der Waals surface area (Å²) in [6, 6.07) is 3.18. The zero-order valence-electron chi connectivity index (χ0n) is 10.8. The van der Waals surface area contributed by atoms with Crippen LogP contribution in [0.25, 0.3) is 0 Å². The molecule has 0 spiro atoms. The van der Waals surface area contributed by atoms with Gasteiger partial charge in [0.2, 0.25) is 11.8 Å². The average Bonchev–Trinajstić information content (AvgIpc) is 2.37. The molecule has 0 aliphatic heterocycles. The normalized spacial score (nSPS) is 11.7. The fraction of sp³-hybridized carbons (Fsp3) is 0.462. The highest BCUT2D eigenvalue weighted by Crippen LogP contribution is 1.95. The first-order chi connectivity index (χ1) is 8.63. The molecule has 98 valence electrons. The molecule has 0 aromatic carbocycles. The molecule has 5 nitrogen and oxygen atoms in total. The molecule has 2 N–H and O–H groups in total. The maximum absolute atomic E-state index is 11.7. The maximum Gasteiger partial charge on any atom is 0.242 e. The summed E-state index contributed by atoms with van der Waals surface area (Å²) in [5.41, 5.74) is 0.929. The minimum atomic E-state index is -0.513. The van der Waals surface area contributed by atoms with Crippen LogP contribution in [0.2, 0.25) is 0 Å². The van der Waals surface area contributed by atoms with Gasteiger partial charge < -0.3 is 10.6 Å². The van der Waals surface area contributed by atoms with Crippen molar-refractivity contribution >= 4 is 11.8 Å². The van der Waals surface area contributed by atoms with Gasteiger partial charge in [0.1, 0.15) is 6.04 Å². The lowest BCUT2D eigenvalue weighted by Crippen LogP contribution is -2.44. The molecule has 0 saturated heterocycles. The number of nitrogens with one attached hydrogen (secondary N) is 2. The summed E-state index contributed by atoms with van der Waals surface area (Å²) in [4.78, 5) is 27.0. The van der Waals surface area contributed by atoms with E-state index >= 15 is 0 Å². The largest absolute Gasteiger partial charge is 0.350 e. The molecule has 0 saturated carbocycles. The predicted octanol–water partition coefficient (Wildman–Crippen LogP) is 1.00. The molecular weight excluding hydrogens is 230 g/mol. The first kappa shape index (κ1) is 14.2. The SMILES string of the molecule is CCCC(=O)N[C@@H](C)C(=O)NCc1cccnc1. The van der Waals surface area contributed by atoms with Crippen LogP contribution in [-0.2, 0) is 16.1 Å². The summed E-state index contributed by atoms with van der Waals surface area (Å²) in [6.07, 6.45) is 4.59. The second-order valence-corrected chi connectivity index (χ2v) is 4.12. The van der Waals surface area contributed by atoms with Crippen LogP contribution in [-0.4, -0.2) is 22.8 Å². The Balaban J connectivity index is 2.34. The standard InChI is InChI=1S/C13H19N3O2/c1-3-5-12(17)16-10(2)13(18)15-9-11-6-4-7-14-8-11/h4,6-8,10H,3,5,9H2,1-2H3,(H,15,18)(H,16,17)/t10-/m0/s1. The number of pyridine rings is 1. The molecule has 0 aliphatic carbocycles.